The van der Waals surface area contributed by atoms with Gasteiger partial charge in [0.15, 0.2) is 0 Å². The highest BCUT2D eigenvalue weighted by molar-refractivity contribution is 7.80. The summed E-state index contributed by atoms with van der Waals surface area (Å²) in [6, 6.07) is 10.7. The van der Waals surface area contributed by atoms with Crippen LogP contribution < -0.4 is 10.2 Å². The molecule has 9 heteroatoms. The van der Waals surface area contributed by atoms with E-state index in [1.165, 1.54) is 18.9 Å². The van der Waals surface area contributed by atoms with Gasteiger partial charge >= 0.3 is 5.97 Å². The molecule has 0 bridgehead atoms. The van der Waals surface area contributed by atoms with Crippen molar-refractivity contribution < 1.29 is 19.1 Å². The maximum atomic E-state index is 13.5. The first-order valence-electron chi connectivity index (χ1n) is 8.60. The second kappa shape index (κ2) is 10.5. The topological polar surface area (TPSA) is 75.7 Å². The molecule has 154 valence electrons. The minimum absolute atomic E-state index is 0.0517. The van der Waals surface area contributed by atoms with E-state index in [1.807, 2.05) is 0 Å². The maximum absolute atomic E-state index is 13.5. The van der Waals surface area contributed by atoms with Gasteiger partial charge in [-0.3, -0.25) is 19.3 Å². The molecule has 6 nitrogen and oxygen atoms in total. The molecule has 0 heterocycles. The molecule has 2 aromatic rings. The summed E-state index contributed by atoms with van der Waals surface area (Å²) in [5, 5.41) is 3.05. The first-order valence-corrected chi connectivity index (χ1v) is 9.99. The molecule has 1 unspecified atom stereocenters. The summed E-state index contributed by atoms with van der Waals surface area (Å²) in [5.74, 6) is -1.30. The highest BCUT2D eigenvalue weighted by atomic mass is 35.5. The molecule has 0 aromatic heterocycles. The molecular formula is C20H20Cl2N2O4S. The van der Waals surface area contributed by atoms with Gasteiger partial charge < -0.3 is 10.1 Å². The summed E-state index contributed by atoms with van der Waals surface area (Å²) in [6.07, 6.45) is -0.0653. The number of benzene rings is 2. The Hall–Kier alpha value is -2.22. The number of hydrogen-bond acceptors (Lipinski definition) is 5. The summed E-state index contributed by atoms with van der Waals surface area (Å²) < 4.78 is 4.76. The third kappa shape index (κ3) is 5.65. The van der Waals surface area contributed by atoms with E-state index in [2.05, 4.69) is 17.9 Å². The van der Waals surface area contributed by atoms with Crippen LogP contribution in [-0.2, 0) is 25.5 Å². The number of amides is 2. The summed E-state index contributed by atoms with van der Waals surface area (Å²) in [7, 11) is 1.28. The van der Waals surface area contributed by atoms with Crippen LogP contribution in [0, 0.1) is 0 Å². The van der Waals surface area contributed by atoms with Crippen molar-refractivity contribution in [3.8, 4) is 0 Å². The molecule has 2 amide bonds. The highest BCUT2D eigenvalue weighted by Gasteiger charge is 2.31. The fourth-order valence-electron chi connectivity index (χ4n) is 2.74. The van der Waals surface area contributed by atoms with E-state index < -0.39 is 17.9 Å². The van der Waals surface area contributed by atoms with Gasteiger partial charge in [-0.05, 0) is 23.8 Å². The number of nitrogens with zero attached hydrogens (tertiary/aromatic N) is 1. The van der Waals surface area contributed by atoms with Gasteiger partial charge in [-0.25, -0.2) is 0 Å². The third-order valence-electron chi connectivity index (χ3n) is 4.03. The Morgan fingerprint density at radius 3 is 2.28 bits per heavy atom. The van der Waals surface area contributed by atoms with E-state index in [1.54, 1.807) is 42.5 Å². The Kier molecular flexibility index (Phi) is 8.37. The van der Waals surface area contributed by atoms with Gasteiger partial charge in [0, 0.05) is 12.7 Å². The molecule has 0 saturated heterocycles. The molecule has 0 saturated carbocycles. The molecular weight excluding hydrogens is 435 g/mol. The summed E-state index contributed by atoms with van der Waals surface area (Å²) in [6.45, 7) is 1.31. The average Bonchev–Trinajstić information content (AvgIpc) is 2.69. The SMILES string of the molecule is COC(=O)Cc1ccccc1N(C(=O)C(CS)NC(C)=O)c1c(Cl)cccc1Cl. The number of nitrogens with one attached hydrogen (secondary N) is 1. The monoisotopic (exact) mass is 454 g/mol. The van der Waals surface area contributed by atoms with Gasteiger partial charge in [0.25, 0.3) is 5.91 Å². The number of thiol groups is 1. The van der Waals surface area contributed by atoms with Crippen LogP contribution in [0.3, 0.4) is 0 Å². The van der Waals surface area contributed by atoms with Crippen LogP contribution in [-0.4, -0.2) is 36.7 Å². The minimum atomic E-state index is -0.936. The number of ether oxygens (including phenoxy) is 1. The number of carbonyl (C=O) groups is 3. The number of para-hydroxylation sites is 2. The standard InChI is InChI=1S/C20H20Cl2N2O4S/c1-12(25)23-16(11-29)20(27)24(19-14(21)7-5-8-15(19)22)17-9-4-3-6-13(17)10-18(26)28-2/h3-9,16,29H,10-11H2,1-2H3,(H,23,25). The predicted molar refractivity (Wildman–Crippen MR) is 117 cm³/mol. The maximum Gasteiger partial charge on any atom is 0.310 e. The van der Waals surface area contributed by atoms with E-state index in [0.29, 0.717) is 11.3 Å². The number of anilines is 2. The number of rotatable bonds is 7. The smallest absolute Gasteiger partial charge is 0.310 e. The van der Waals surface area contributed by atoms with Crippen molar-refractivity contribution in [3.05, 3.63) is 58.1 Å². The van der Waals surface area contributed by atoms with Crippen molar-refractivity contribution in [1.29, 1.82) is 0 Å². The largest absolute Gasteiger partial charge is 0.469 e. The molecule has 0 radical (unpaired) electrons. The fraction of sp³-hybridized carbons (Fsp3) is 0.250. The first-order chi connectivity index (χ1) is 13.8. The van der Waals surface area contributed by atoms with E-state index >= 15 is 0 Å². The summed E-state index contributed by atoms with van der Waals surface area (Å²) in [5.41, 5.74) is 1.18. The van der Waals surface area contributed by atoms with Crippen molar-refractivity contribution >= 4 is 65.0 Å². The second-order valence-corrected chi connectivity index (χ2v) is 7.24. The Bertz CT molecular complexity index is 903. The van der Waals surface area contributed by atoms with Crippen molar-refractivity contribution in [3.63, 3.8) is 0 Å². The van der Waals surface area contributed by atoms with Crippen LogP contribution in [0.25, 0.3) is 0 Å². The number of carbonyl (C=O) groups excluding carboxylic acids is 3. The molecule has 1 N–H and O–H groups in total. The van der Waals surface area contributed by atoms with Gasteiger partial charge in [-0.1, -0.05) is 47.5 Å². The zero-order valence-corrected chi connectivity index (χ0v) is 18.2. The van der Waals surface area contributed by atoms with E-state index in [-0.39, 0.29) is 33.8 Å². The summed E-state index contributed by atoms with van der Waals surface area (Å²) in [4.78, 5) is 38.2. The van der Waals surface area contributed by atoms with E-state index in [9.17, 15) is 14.4 Å². The highest BCUT2D eigenvalue weighted by Crippen LogP contribution is 2.40. The van der Waals surface area contributed by atoms with E-state index in [0.717, 1.165) is 0 Å². The molecule has 0 aliphatic rings. The number of esters is 1. The fourth-order valence-corrected chi connectivity index (χ4v) is 3.56. The Morgan fingerprint density at radius 2 is 1.72 bits per heavy atom. The van der Waals surface area contributed by atoms with Crippen molar-refractivity contribution in [2.75, 3.05) is 17.8 Å². The second-order valence-electron chi connectivity index (χ2n) is 6.06. The Balaban J connectivity index is 2.68. The summed E-state index contributed by atoms with van der Waals surface area (Å²) >= 11 is 17.0. The van der Waals surface area contributed by atoms with Crippen LogP contribution in [0.5, 0.6) is 0 Å². The normalized spacial score (nSPS) is 11.5. The predicted octanol–water partition coefficient (Wildman–Crippen LogP) is 3.81. The molecule has 2 rings (SSSR count). The number of methoxy groups -OCH3 is 1. The van der Waals surface area contributed by atoms with Crippen LogP contribution in [0.15, 0.2) is 42.5 Å². The van der Waals surface area contributed by atoms with Gasteiger partial charge in [0.2, 0.25) is 5.91 Å². The lowest BCUT2D eigenvalue weighted by atomic mass is 10.1. The van der Waals surface area contributed by atoms with Crippen LogP contribution >= 0.6 is 35.8 Å². The molecule has 0 aliphatic carbocycles. The van der Waals surface area contributed by atoms with Crippen molar-refractivity contribution in [2.45, 2.75) is 19.4 Å². The molecule has 0 fully saturated rings. The molecule has 0 spiro atoms. The van der Waals surface area contributed by atoms with Crippen molar-refractivity contribution in [2.24, 2.45) is 0 Å². The van der Waals surface area contributed by atoms with Gasteiger partial charge in [0.1, 0.15) is 6.04 Å². The van der Waals surface area contributed by atoms with Crippen LogP contribution in [0.2, 0.25) is 10.0 Å². The Morgan fingerprint density at radius 1 is 1.10 bits per heavy atom. The average molecular weight is 455 g/mol. The first kappa shape index (κ1) is 23.1. The lowest BCUT2D eigenvalue weighted by Gasteiger charge is -2.30. The zero-order valence-electron chi connectivity index (χ0n) is 15.8. The lowest BCUT2D eigenvalue weighted by Crippen LogP contribution is -2.48. The van der Waals surface area contributed by atoms with Gasteiger partial charge in [-0.15, -0.1) is 0 Å². The Labute approximate surface area is 184 Å². The number of halogens is 2. The minimum Gasteiger partial charge on any atom is -0.469 e. The molecule has 1 atom stereocenters. The quantitative estimate of drug-likeness (QED) is 0.492. The number of hydrogen-bond donors (Lipinski definition) is 2. The van der Waals surface area contributed by atoms with Gasteiger partial charge in [-0.2, -0.15) is 12.6 Å². The lowest BCUT2D eigenvalue weighted by molar-refractivity contribution is -0.139. The molecule has 2 aromatic carbocycles. The third-order valence-corrected chi connectivity index (χ3v) is 5.01. The van der Waals surface area contributed by atoms with Crippen molar-refractivity contribution in [1.82, 2.24) is 5.32 Å². The van der Waals surface area contributed by atoms with Crippen LogP contribution in [0.4, 0.5) is 11.4 Å². The van der Waals surface area contributed by atoms with Gasteiger partial charge in [0.05, 0.1) is 35.0 Å². The molecule has 0 aliphatic heterocycles. The van der Waals surface area contributed by atoms with Crippen LogP contribution in [0.1, 0.15) is 12.5 Å². The molecule has 29 heavy (non-hydrogen) atoms. The zero-order chi connectivity index (χ0) is 21.6. The van der Waals surface area contributed by atoms with E-state index in [4.69, 9.17) is 27.9 Å².